The molecule has 0 aliphatic heterocycles. The third-order valence-corrected chi connectivity index (χ3v) is 2.80. The van der Waals surface area contributed by atoms with Gasteiger partial charge in [-0.05, 0) is 44.9 Å². The fourth-order valence-electron chi connectivity index (χ4n) is 1.85. The molecule has 0 bridgehead atoms. The second-order valence-corrected chi connectivity index (χ2v) is 4.32. The molecular formula is C13H17N5. The van der Waals surface area contributed by atoms with E-state index in [0.717, 1.165) is 28.9 Å². The van der Waals surface area contributed by atoms with Crippen molar-refractivity contribution < 1.29 is 0 Å². The van der Waals surface area contributed by atoms with Crippen molar-refractivity contribution in [1.29, 1.82) is 0 Å². The summed E-state index contributed by atoms with van der Waals surface area (Å²) in [4.78, 5) is 17.4. The highest BCUT2D eigenvalue weighted by atomic mass is 15.0. The van der Waals surface area contributed by atoms with Gasteiger partial charge in [-0.25, -0.2) is 19.9 Å². The van der Waals surface area contributed by atoms with Crippen LogP contribution in [0.25, 0.3) is 11.6 Å². The van der Waals surface area contributed by atoms with Crippen LogP contribution in [0.4, 0.5) is 0 Å². The lowest BCUT2D eigenvalue weighted by atomic mass is 10.1. The summed E-state index contributed by atoms with van der Waals surface area (Å²) in [5, 5.41) is 0. The highest BCUT2D eigenvalue weighted by Crippen LogP contribution is 2.15. The maximum Gasteiger partial charge on any atom is 0.198 e. The summed E-state index contributed by atoms with van der Waals surface area (Å²) >= 11 is 0. The highest BCUT2D eigenvalue weighted by molar-refractivity contribution is 5.45. The van der Waals surface area contributed by atoms with Gasteiger partial charge in [-0.1, -0.05) is 0 Å². The monoisotopic (exact) mass is 243 g/mol. The van der Waals surface area contributed by atoms with Gasteiger partial charge in [0.1, 0.15) is 0 Å². The van der Waals surface area contributed by atoms with E-state index in [-0.39, 0.29) is 0 Å². The standard InChI is InChI=1S/C13H17N5/c1-8-6-15-12(16-7-8)13-17-9(2)11(4-5-14)10(3)18-13/h6-7H,4-5,14H2,1-3H3. The van der Waals surface area contributed by atoms with Crippen molar-refractivity contribution in [3.05, 3.63) is 34.9 Å². The molecule has 94 valence electrons. The molecule has 0 saturated carbocycles. The molecule has 5 nitrogen and oxygen atoms in total. The molecule has 0 atom stereocenters. The lowest BCUT2D eigenvalue weighted by molar-refractivity contribution is 0.892. The molecule has 2 aromatic heterocycles. The van der Waals surface area contributed by atoms with Gasteiger partial charge in [0.15, 0.2) is 11.6 Å². The normalized spacial score (nSPS) is 10.7. The van der Waals surface area contributed by atoms with Crippen LogP contribution in [0.2, 0.25) is 0 Å². The lowest BCUT2D eigenvalue weighted by Gasteiger charge is -2.09. The molecule has 0 aliphatic carbocycles. The SMILES string of the molecule is Cc1cnc(-c2nc(C)c(CCN)c(C)n2)nc1. The van der Waals surface area contributed by atoms with Crippen LogP contribution in [0.3, 0.4) is 0 Å². The van der Waals surface area contributed by atoms with Crippen molar-refractivity contribution in [1.82, 2.24) is 19.9 Å². The maximum atomic E-state index is 5.58. The van der Waals surface area contributed by atoms with E-state index in [4.69, 9.17) is 5.73 Å². The van der Waals surface area contributed by atoms with Crippen LogP contribution in [0.5, 0.6) is 0 Å². The first-order valence-electron chi connectivity index (χ1n) is 5.95. The Hall–Kier alpha value is -1.88. The van der Waals surface area contributed by atoms with Gasteiger partial charge in [-0.3, -0.25) is 0 Å². The molecule has 2 heterocycles. The summed E-state index contributed by atoms with van der Waals surface area (Å²) in [7, 11) is 0. The van der Waals surface area contributed by atoms with Crippen molar-refractivity contribution in [3.8, 4) is 11.6 Å². The smallest absolute Gasteiger partial charge is 0.198 e. The number of hydrogen-bond acceptors (Lipinski definition) is 5. The third-order valence-electron chi connectivity index (χ3n) is 2.80. The minimum atomic E-state index is 0.561. The first kappa shape index (κ1) is 12.6. The zero-order valence-electron chi connectivity index (χ0n) is 10.9. The van der Waals surface area contributed by atoms with Crippen LogP contribution in [0, 0.1) is 20.8 Å². The third kappa shape index (κ3) is 2.51. The summed E-state index contributed by atoms with van der Waals surface area (Å²) in [5.41, 5.74) is 9.63. The van der Waals surface area contributed by atoms with Gasteiger partial charge < -0.3 is 5.73 Å². The Morgan fingerprint density at radius 1 is 0.944 bits per heavy atom. The number of nitrogens with zero attached hydrogens (tertiary/aromatic N) is 4. The number of nitrogens with two attached hydrogens (primary N) is 1. The first-order valence-corrected chi connectivity index (χ1v) is 5.95. The average molecular weight is 243 g/mol. The quantitative estimate of drug-likeness (QED) is 0.880. The van der Waals surface area contributed by atoms with E-state index in [1.54, 1.807) is 12.4 Å². The van der Waals surface area contributed by atoms with Crippen molar-refractivity contribution >= 4 is 0 Å². The largest absolute Gasteiger partial charge is 0.330 e. The Morgan fingerprint density at radius 3 is 2.00 bits per heavy atom. The molecule has 0 unspecified atom stereocenters. The molecule has 0 amide bonds. The second-order valence-electron chi connectivity index (χ2n) is 4.32. The summed E-state index contributed by atoms with van der Waals surface area (Å²) in [5.74, 6) is 1.14. The Balaban J connectivity index is 2.44. The van der Waals surface area contributed by atoms with E-state index < -0.39 is 0 Å². The molecule has 0 radical (unpaired) electrons. The minimum Gasteiger partial charge on any atom is -0.330 e. The van der Waals surface area contributed by atoms with Gasteiger partial charge in [0, 0.05) is 23.8 Å². The van der Waals surface area contributed by atoms with Gasteiger partial charge in [0.2, 0.25) is 0 Å². The first-order chi connectivity index (χ1) is 8.61. The molecule has 2 aromatic rings. The van der Waals surface area contributed by atoms with E-state index in [1.165, 1.54) is 0 Å². The van der Waals surface area contributed by atoms with Crippen LogP contribution in [-0.4, -0.2) is 26.5 Å². The van der Waals surface area contributed by atoms with Gasteiger partial charge in [-0.2, -0.15) is 0 Å². The predicted octanol–water partition coefficient (Wildman–Crippen LogP) is 1.36. The summed E-state index contributed by atoms with van der Waals surface area (Å²) < 4.78 is 0. The van der Waals surface area contributed by atoms with Crippen LogP contribution >= 0.6 is 0 Å². The van der Waals surface area contributed by atoms with E-state index in [0.29, 0.717) is 18.2 Å². The van der Waals surface area contributed by atoms with E-state index in [2.05, 4.69) is 19.9 Å². The van der Waals surface area contributed by atoms with Gasteiger partial charge in [0.05, 0.1) is 0 Å². The van der Waals surface area contributed by atoms with Crippen LogP contribution in [0.1, 0.15) is 22.5 Å². The molecular weight excluding hydrogens is 226 g/mol. The van der Waals surface area contributed by atoms with E-state index >= 15 is 0 Å². The van der Waals surface area contributed by atoms with E-state index in [9.17, 15) is 0 Å². The topological polar surface area (TPSA) is 77.6 Å². The summed E-state index contributed by atoms with van der Waals surface area (Å²) in [6.07, 6.45) is 4.33. The molecule has 2 N–H and O–H groups in total. The predicted molar refractivity (Wildman–Crippen MR) is 70.0 cm³/mol. The Kier molecular flexibility index (Phi) is 3.62. The highest BCUT2D eigenvalue weighted by Gasteiger charge is 2.10. The van der Waals surface area contributed by atoms with Crippen molar-refractivity contribution in [2.75, 3.05) is 6.54 Å². The molecule has 0 saturated heterocycles. The van der Waals surface area contributed by atoms with Crippen molar-refractivity contribution in [2.24, 2.45) is 5.73 Å². The van der Waals surface area contributed by atoms with Crippen LogP contribution in [-0.2, 0) is 6.42 Å². The zero-order chi connectivity index (χ0) is 13.1. The van der Waals surface area contributed by atoms with Gasteiger partial charge >= 0.3 is 0 Å². The molecule has 5 heteroatoms. The molecule has 18 heavy (non-hydrogen) atoms. The summed E-state index contributed by atoms with van der Waals surface area (Å²) in [6, 6.07) is 0. The fraction of sp³-hybridized carbons (Fsp3) is 0.385. The van der Waals surface area contributed by atoms with Gasteiger partial charge in [-0.15, -0.1) is 0 Å². The number of rotatable bonds is 3. The zero-order valence-corrected chi connectivity index (χ0v) is 10.9. The molecule has 0 spiro atoms. The number of aromatic nitrogens is 4. The van der Waals surface area contributed by atoms with E-state index in [1.807, 2.05) is 20.8 Å². The average Bonchev–Trinajstić information content (AvgIpc) is 2.34. The summed E-state index contributed by atoms with van der Waals surface area (Å²) in [6.45, 7) is 6.49. The minimum absolute atomic E-state index is 0.561. The molecule has 2 rings (SSSR count). The van der Waals surface area contributed by atoms with Crippen molar-refractivity contribution in [2.45, 2.75) is 27.2 Å². The van der Waals surface area contributed by atoms with Gasteiger partial charge in [0.25, 0.3) is 0 Å². The maximum absolute atomic E-state index is 5.58. The Morgan fingerprint density at radius 2 is 1.50 bits per heavy atom. The molecule has 0 aromatic carbocycles. The van der Waals surface area contributed by atoms with Crippen LogP contribution < -0.4 is 5.73 Å². The number of hydrogen-bond donors (Lipinski definition) is 1. The second kappa shape index (κ2) is 5.18. The Bertz CT molecular complexity index is 525. The fourth-order valence-corrected chi connectivity index (χ4v) is 1.85. The number of aryl methyl sites for hydroxylation is 3. The Labute approximate surface area is 107 Å². The molecule has 0 aliphatic rings. The van der Waals surface area contributed by atoms with Crippen LogP contribution in [0.15, 0.2) is 12.4 Å². The molecule has 0 fully saturated rings. The van der Waals surface area contributed by atoms with Crippen molar-refractivity contribution in [3.63, 3.8) is 0 Å². The lowest BCUT2D eigenvalue weighted by Crippen LogP contribution is -2.09.